The van der Waals surface area contributed by atoms with Crippen molar-refractivity contribution in [3.8, 4) is 9.75 Å². The van der Waals surface area contributed by atoms with Gasteiger partial charge in [-0.2, -0.15) is 0 Å². The van der Waals surface area contributed by atoms with E-state index in [2.05, 4.69) is 17.1 Å². The Labute approximate surface area is 193 Å². The maximum atomic E-state index is 10.7. The third kappa shape index (κ3) is 3.99. The summed E-state index contributed by atoms with van der Waals surface area (Å²) in [7, 11) is 0. The number of fused-ring (bicyclic) bond motifs is 1. The van der Waals surface area contributed by atoms with Crippen LogP contribution in [-0.2, 0) is 11.2 Å². The molecule has 1 saturated heterocycles. The second kappa shape index (κ2) is 8.99. The molecule has 5 rings (SSSR count). The van der Waals surface area contributed by atoms with Crippen molar-refractivity contribution in [3.05, 3.63) is 76.2 Å². The molecule has 4 N–H and O–H groups in total. The van der Waals surface area contributed by atoms with E-state index in [4.69, 9.17) is 4.74 Å². The second-order valence-electron chi connectivity index (χ2n) is 7.93. The monoisotopic (exact) mass is 469 g/mol. The molecule has 0 unspecified atom stereocenters. The molecule has 2 aromatic heterocycles. The van der Waals surface area contributed by atoms with E-state index in [0.29, 0.717) is 12.0 Å². The van der Waals surface area contributed by atoms with Crippen molar-refractivity contribution in [2.24, 2.45) is 0 Å². The summed E-state index contributed by atoms with van der Waals surface area (Å²) in [4.78, 5) is 6.91. The number of benzene rings is 2. The van der Waals surface area contributed by atoms with Crippen LogP contribution in [0.15, 0.2) is 60.1 Å². The average Bonchev–Trinajstić information content (AvgIpc) is 3.50. The van der Waals surface area contributed by atoms with Gasteiger partial charge in [-0.3, -0.25) is 0 Å². The summed E-state index contributed by atoms with van der Waals surface area (Å²) in [5, 5.41) is 45.6. The molecule has 0 radical (unpaired) electrons. The molecule has 1 aliphatic heterocycles. The highest BCUT2D eigenvalue weighted by Crippen LogP contribution is 2.37. The van der Waals surface area contributed by atoms with Crippen LogP contribution < -0.4 is 0 Å². The first-order chi connectivity index (χ1) is 15.5. The van der Waals surface area contributed by atoms with Crippen LogP contribution >= 0.6 is 22.7 Å². The summed E-state index contributed by atoms with van der Waals surface area (Å²) >= 11 is 3.33. The Morgan fingerprint density at radius 2 is 1.78 bits per heavy atom. The second-order valence-corrected chi connectivity index (χ2v) is 9.99. The molecule has 0 spiro atoms. The zero-order valence-electron chi connectivity index (χ0n) is 17.0. The third-order valence-corrected chi connectivity index (χ3v) is 7.89. The van der Waals surface area contributed by atoms with Gasteiger partial charge >= 0.3 is 0 Å². The molecule has 3 heterocycles. The maximum absolute atomic E-state index is 10.7. The Morgan fingerprint density at radius 3 is 2.56 bits per heavy atom. The third-order valence-electron chi connectivity index (χ3n) is 5.83. The highest BCUT2D eigenvalue weighted by Gasteiger charge is 2.44. The van der Waals surface area contributed by atoms with E-state index in [0.717, 1.165) is 26.2 Å². The van der Waals surface area contributed by atoms with E-state index in [9.17, 15) is 20.4 Å². The first-order valence-electron chi connectivity index (χ1n) is 10.4. The molecule has 0 saturated carbocycles. The van der Waals surface area contributed by atoms with Crippen LogP contribution in [-0.4, -0.2) is 56.4 Å². The molecule has 0 amide bonds. The minimum atomic E-state index is -1.42. The Bertz CT molecular complexity index is 1210. The molecule has 1 fully saturated rings. The quantitative estimate of drug-likeness (QED) is 0.358. The molecule has 2 aromatic carbocycles. The van der Waals surface area contributed by atoms with Gasteiger partial charge in [-0.25, -0.2) is 4.98 Å². The Balaban J connectivity index is 1.52. The molecule has 0 aliphatic carbocycles. The lowest BCUT2D eigenvalue weighted by Crippen LogP contribution is -2.55. The van der Waals surface area contributed by atoms with Crippen molar-refractivity contribution in [3.63, 3.8) is 0 Å². The number of aliphatic hydroxyl groups is 4. The van der Waals surface area contributed by atoms with Crippen molar-refractivity contribution in [1.29, 1.82) is 0 Å². The summed E-state index contributed by atoms with van der Waals surface area (Å²) in [5.41, 5.74) is 1.72. The van der Waals surface area contributed by atoms with Crippen LogP contribution in [0.4, 0.5) is 0 Å². The van der Waals surface area contributed by atoms with E-state index in [1.165, 1.54) is 4.88 Å². The number of rotatable bonds is 5. The fourth-order valence-corrected chi connectivity index (χ4v) is 5.97. The van der Waals surface area contributed by atoms with E-state index in [-0.39, 0.29) is 0 Å². The van der Waals surface area contributed by atoms with Gasteiger partial charge in [0.1, 0.15) is 30.5 Å². The number of hydrogen-bond donors (Lipinski definition) is 4. The number of nitrogens with zero attached hydrogens (tertiary/aromatic N) is 1. The Kier molecular flexibility index (Phi) is 6.09. The lowest BCUT2D eigenvalue weighted by atomic mass is 9.87. The highest BCUT2D eigenvalue weighted by atomic mass is 32.1. The van der Waals surface area contributed by atoms with Gasteiger partial charge in [0.25, 0.3) is 0 Å². The fourth-order valence-electron chi connectivity index (χ4n) is 4.20. The predicted octanol–water partition coefficient (Wildman–Crippen LogP) is 3.13. The lowest BCUT2D eigenvalue weighted by Gasteiger charge is -2.40. The van der Waals surface area contributed by atoms with Crippen LogP contribution in [0.3, 0.4) is 0 Å². The first-order valence-corrected chi connectivity index (χ1v) is 12.1. The topological polar surface area (TPSA) is 103 Å². The average molecular weight is 470 g/mol. The minimum absolute atomic E-state index is 0.455. The molecule has 0 bridgehead atoms. The lowest BCUT2D eigenvalue weighted by molar-refractivity contribution is -0.231. The molecule has 1 aliphatic rings. The Hall–Kier alpha value is -2.17. The summed E-state index contributed by atoms with van der Waals surface area (Å²) in [5.74, 6) is 0. The molecule has 32 heavy (non-hydrogen) atoms. The van der Waals surface area contributed by atoms with Crippen molar-refractivity contribution < 1.29 is 25.2 Å². The SMILES string of the molecule is OC[C@H]1O[C@@H](c2cc(Cc3ncc(-c4cccs4)s3)cc3ccccc23)[C@H](O)[C@@H](O)[C@@H]1O. The van der Waals surface area contributed by atoms with Gasteiger partial charge < -0.3 is 25.2 Å². The summed E-state index contributed by atoms with van der Waals surface area (Å²) in [6.45, 7) is -0.455. The van der Waals surface area contributed by atoms with Crippen molar-refractivity contribution >= 4 is 33.4 Å². The molecule has 166 valence electrons. The van der Waals surface area contributed by atoms with E-state index < -0.39 is 37.1 Å². The van der Waals surface area contributed by atoms with Crippen molar-refractivity contribution in [2.75, 3.05) is 6.61 Å². The van der Waals surface area contributed by atoms with Crippen LogP contribution in [0.2, 0.25) is 0 Å². The van der Waals surface area contributed by atoms with Crippen molar-refractivity contribution in [1.82, 2.24) is 4.98 Å². The van der Waals surface area contributed by atoms with Crippen LogP contribution in [0.25, 0.3) is 20.5 Å². The number of aliphatic hydroxyl groups excluding tert-OH is 4. The summed E-state index contributed by atoms with van der Waals surface area (Å²) < 4.78 is 5.86. The molecule has 6 nitrogen and oxygen atoms in total. The largest absolute Gasteiger partial charge is 0.394 e. The minimum Gasteiger partial charge on any atom is -0.394 e. The molecule has 8 heteroatoms. The zero-order chi connectivity index (χ0) is 22.2. The van der Waals surface area contributed by atoms with E-state index in [1.54, 1.807) is 22.7 Å². The van der Waals surface area contributed by atoms with Gasteiger partial charge in [-0.1, -0.05) is 42.5 Å². The number of aromatic nitrogens is 1. The summed E-state index contributed by atoms with van der Waals surface area (Å²) in [6.07, 6.45) is -3.44. The van der Waals surface area contributed by atoms with Crippen molar-refractivity contribution in [2.45, 2.75) is 36.9 Å². The number of thiophene rings is 1. The van der Waals surface area contributed by atoms with Gasteiger partial charge in [0.05, 0.1) is 16.5 Å². The first kappa shape index (κ1) is 21.7. The molecule has 4 aromatic rings. The van der Waals surface area contributed by atoms with Gasteiger partial charge in [-0.05, 0) is 33.3 Å². The highest BCUT2D eigenvalue weighted by molar-refractivity contribution is 7.21. The van der Waals surface area contributed by atoms with E-state index in [1.807, 2.05) is 48.0 Å². The number of hydrogen-bond acceptors (Lipinski definition) is 8. The van der Waals surface area contributed by atoms with Crippen LogP contribution in [0.1, 0.15) is 22.2 Å². The molecular weight excluding hydrogens is 446 g/mol. The predicted molar refractivity (Wildman–Crippen MR) is 125 cm³/mol. The maximum Gasteiger partial charge on any atom is 0.113 e. The van der Waals surface area contributed by atoms with Gasteiger partial charge in [0, 0.05) is 17.5 Å². The Morgan fingerprint density at radius 1 is 0.938 bits per heavy atom. The van der Waals surface area contributed by atoms with Gasteiger partial charge in [0.2, 0.25) is 0 Å². The normalized spacial score (nSPS) is 25.9. The number of thiazole rings is 1. The van der Waals surface area contributed by atoms with E-state index >= 15 is 0 Å². The van der Waals surface area contributed by atoms with Crippen LogP contribution in [0.5, 0.6) is 0 Å². The van der Waals surface area contributed by atoms with Gasteiger partial charge in [0.15, 0.2) is 0 Å². The summed E-state index contributed by atoms with van der Waals surface area (Å²) in [6, 6.07) is 15.9. The van der Waals surface area contributed by atoms with Gasteiger partial charge in [-0.15, -0.1) is 22.7 Å². The smallest absolute Gasteiger partial charge is 0.113 e. The van der Waals surface area contributed by atoms with Crippen LogP contribution in [0, 0.1) is 0 Å². The number of ether oxygens (including phenoxy) is 1. The fraction of sp³-hybridized carbons (Fsp3) is 0.292. The molecule has 5 atom stereocenters. The standard InChI is InChI=1S/C24H23NO5S2/c26-12-17-21(27)22(28)23(29)24(30-17)16-9-13(8-14-4-1-2-5-15(14)16)10-20-25-11-19(32-20)18-6-3-7-31-18/h1-9,11,17,21-24,26-29H,10,12H2/t17-,21-,22+,23-,24+/m1/s1. The molecular formula is C24H23NO5S2. The zero-order valence-corrected chi connectivity index (χ0v) is 18.7.